The molecule has 1 aromatic carbocycles. The Morgan fingerprint density at radius 3 is 2.72 bits per heavy atom. The zero-order valence-corrected chi connectivity index (χ0v) is 11.2. The molecular formula is C13H17ClN2O2. The maximum Gasteiger partial charge on any atom is 0.251 e. The SMILES string of the molecule is CC1(C)C(O)CC1NC(=O)c1ccc(N)c(Cl)c1. The summed E-state index contributed by atoms with van der Waals surface area (Å²) in [5, 5.41) is 12.9. The molecule has 98 valence electrons. The molecule has 1 fully saturated rings. The van der Waals surface area contributed by atoms with Crippen molar-refractivity contribution in [1.29, 1.82) is 0 Å². The summed E-state index contributed by atoms with van der Waals surface area (Å²) in [6.07, 6.45) is 0.222. The standard InChI is InChI=1S/C13H17ClN2O2/c1-13(2)10(6-11(13)17)16-12(18)7-3-4-9(15)8(14)5-7/h3-5,10-11,17H,6,15H2,1-2H3,(H,16,18). The summed E-state index contributed by atoms with van der Waals surface area (Å²) in [4.78, 5) is 12.0. The Kier molecular flexibility index (Phi) is 3.25. The summed E-state index contributed by atoms with van der Waals surface area (Å²) in [5.41, 5.74) is 6.24. The molecule has 4 nitrogen and oxygen atoms in total. The summed E-state index contributed by atoms with van der Waals surface area (Å²) in [5.74, 6) is -0.193. The summed E-state index contributed by atoms with van der Waals surface area (Å²) >= 11 is 5.88. The van der Waals surface area contributed by atoms with E-state index < -0.39 is 0 Å². The van der Waals surface area contributed by atoms with E-state index in [1.165, 1.54) is 0 Å². The van der Waals surface area contributed by atoms with Gasteiger partial charge < -0.3 is 16.2 Å². The fourth-order valence-corrected chi connectivity index (χ4v) is 2.24. The Morgan fingerprint density at radius 2 is 2.22 bits per heavy atom. The smallest absolute Gasteiger partial charge is 0.251 e. The molecule has 1 aliphatic carbocycles. The Labute approximate surface area is 111 Å². The quantitative estimate of drug-likeness (QED) is 0.716. The lowest BCUT2D eigenvalue weighted by atomic mass is 9.64. The Hall–Kier alpha value is -1.26. The third-order valence-electron chi connectivity index (χ3n) is 3.78. The number of carbonyl (C=O) groups excluding carboxylic acids is 1. The van der Waals surface area contributed by atoms with E-state index in [9.17, 15) is 9.90 Å². The van der Waals surface area contributed by atoms with Gasteiger partial charge in [0.2, 0.25) is 0 Å². The summed E-state index contributed by atoms with van der Waals surface area (Å²) in [7, 11) is 0. The molecule has 2 unspecified atom stereocenters. The molecule has 0 spiro atoms. The predicted octanol–water partition coefficient (Wildman–Crippen LogP) is 1.81. The van der Waals surface area contributed by atoms with Gasteiger partial charge >= 0.3 is 0 Å². The van der Waals surface area contributed by atoms with Gasteiger partial charge in [-0.3, -0.25) is 4.79 Å². The van der Waals surface area contributed by atoms with Crippen molar-refractivity contribution >= 4 is 23.2 Å². The fraction of sp³-hybridized carbons (Fsp3) is 0.462. The molecule has 0 heterocycles. The van der Waals surface area contributed by atoms with Gasteiger partial charge in [-0.1, -0.05) is 25.4 Å². The van der Waals surface area contributed by atoms with Crippen LogP contribution in [0.15, 0.2) is 18.2 Å². The van der Waals surface area contributed by atoms with E-state index in [1.807, 2.05) is 13.8 Å². The molecular weight excluding hydrogens is 252 g/mol. The molecule has 2 atom stereocenters. The van der Waals surface area contributed by atoms with Crippen LogP contribution >= 0.6 is 11.6 Å². The largest absolute Gasteiger partial charge is 0.398 e. The third-order valence-corrected chi connectivity index (χ3v) is 4.11. The zero-order chi connectivity index (χ0) is 13.5. The van der Waals surface area contributed by atoms with E-state index in [1.54, 1.807) is 18.2 Å². The van der Waals surface area contributed by atoms with E-state index in [0.29, 0.717) is 22.7 Å². The van der Waals surface area contributed by atoms with Crippen LogP contribution in [0, 0.1) is 5.41 Å². The molecule has 1 aliphatic rings. The van der Waals surface area contributed by atoms with Crippen molar-refractivity contribution in [3.63, 3.8) is 0 Å². The van der Waals surface area contributed by atoms with Crippen molar-refractivity contribution in [3.8, 4) is 0 Å². The van der Waals surface area contributed by atoms with E-state index in [0.717, 1.165) is 0 Å². The number of nitrogens with two attached hydrogens (primary N) is 1. The van der Waals surface area contributed by atoms with Crippen LogP contribution in [0.5, 0.6) is 0 Å². The van der Waals surface area contributed by atoms with Crippen LogP contribution in [-0.2, 0) is 0 Å². The average Bonchev–Trinajstić information content (AvgIpc) is 2.32. The number of amides is 1. The molecule has 1 amide bonds. The van der Waals surface area contributed by atoms with Crippen LogP contribution < -0.4 is 11.1 Å². The number of anilines is 1. The molecule has 0 saturated heterocycles. The number of hydrogen-bond donors (Lipinski definition) is 3. The van der Waals surface area contributed by atoms with Crippen molar-refractivity contribution in [1.82, 2.24) is 5.32 Å². The first-order chi connectivity index (χ1) is 8.32. The Bertz CT molecular complexity index is 488. The Morgan fingerprint density at radius 1 is 1.56 bits per heavy atom. The van der Waals surface area contributed by atoms with Gasteiger partial charge in [-0.15, -0.1) is 0 Å². The predicted molar refractivity (Wildman–Crippen MR) is 71.5 cm³/mol. The first-order valence-corrected chi connectivity index (χ1v) is 6.24. The number of carbonyl (C=O) groups is 1. The maximum atomic E-state index is 12.0. The maximum absolute atomic E-state index is 12.0. The van der Waals surface area contributed by atoms with Crippen LogP contribution in [0.1, 0.15) is 30.6 Å². The number of nitrogens with one attached hydrogen (secondary N) is 1. The monoisotopic (exact) mass is 268 g/mol. The first kappa shape index (κ1) is 13.2. The van der Waals surface area contributed by atoms with E-state index >= 15 is 0 Å². The van der Waals surface area contributed by atoms with Crippen LogP contribution in [-0.4, -0.2) is 23.2 Å². The minimum Gasteiger partial charge on any atom is -0.398 e. The van der Waals surface area contributed by atoms with Gasteiger partial charge in [0, 0.05) is 17.0 Å². The minimum atomic E-state index is -0.363. The molecule has 0 radical (unpaired) electrons. The van der Waals surface area contributed by atoms with Crippen LogP contribution in [0.25, 0.3) is 0 Å². The highest BCUT2D eigenvalue weighted by molar-refractivity contribution is 6.33. The third kappa shape index (κ3) is 2.18. The number of aliphatic hydroxyl groups is 1. The number of nitrogen functional groups attached to an aromatic ring is 1. The van der Waals surface area contributed by atoms with Gasteiger partial charge in [-0.25, -0.2) is 0 Å². The second-order valence-corrected chi connectivity index (χ2v) is 5.74. The highest BCUT2D eigenvalue weighted by atomic mass is 35.5. The lowest BCUT2D eigenvalue weighted by molar-refractivity contribution is -0.0689. The molecule has 1 saturated carbocycles. The molecule has 4 N–H and O–H groups in total. The van der Waals surface area contributed by atoms with E-state index in [2.05, 4.69) is 5.32 Å². The van der Waals surface area contributed by atoms with Gasteiger partial charge in [0.05, 0.1) is 16.8 Å². The topological polar surface area (TPSA) is 75.3 Å². The molecule has 5 heteroatoms. The van der Waals surface area contributed by atoms with E-state index in [-0.39, 0.29) is 23.5 Å². The number of rotatable bonds is 2. The van der Waals surface area contributed by atoms with Gasteiger partial charge in [-0.05, 0) is 24.6 Å². The van der Waals surface area contributed by atoms with Gasteiger partial charge in [0.1, 0.15) is 0 Å². The van der Waals surface area contributed by atoms with Gasteiger partial charge in [-0.2, -0.15) is 0 Å². The molecule has 2 rings (SSSR count). The first-order valence-electron chi connectivity index (χ1n) is 5.86. The van der Waals surface area contributed by atoms with Gasteiger partial charge in [0.25, 0.3) is 5.91 Å². The van der Waals surface area contributed by atoms with Crippen molar-refractivity contribution in [2.24, 2.45) is 5.41 Å². The van der Waals surface area contributed by atoms with Gasteiger partial charge in [0.15, 0.2) is 0 Å². The zero-order valence-electron chi connectivity index (χ0n) is 10.4. The molecule has 1 aromatic rings. The summed E-state index contributed by atoms with van der Waals surface area (Å²) in [6.45, 7) is 3.87. The lowest BCUT2D eigenvalue weighted by Crippen LogP contribution is -2.61. The van der Waals surface area contributed by atoms with Crippen molar-refractivity contribution < 1.29 is 9.90 Å². The minimum absolute atomic E-state index is 0.0173. The van der Waals surface area contributed by atoms with E-state index in [4.69, 9.17) is 17.3 Å². The molecule has 0 bridgehead atoms. The lowest BCUT2D eigenvalue weighted by Gasteiger charge is -2.49. The number of benzene rings is 1. The van der Waals surface area contributed by atoms with Crippen LogP contribution in [0.3, 0.4) is 0 Å². The summed E-state index contributed by atoms with van der Waals surface area (Å²) in [6, 6.07) is 4.78. The fourth-order valence-electron chi connectivity index (χ4n) is 2.06. The van der Waals surface area contributed by atoms with Crippen molar-refractivity contribution in [3.05, 3.63) is 28.8 Å². The number of aliphatic hydroxyl groups excluding tert-OH is 1. The molecule has 18 heavy (non-hydrogen) atoms. The van der Waals surface area contributed by atoms with Crippen molar-refractivity contribution in [2.75, 3.05) is 5.73 Å². The number of halogens is 1. The van der Waals surface area contributed by atoms with Crippen molar-refractivity contribution in [2.45, 2.75) is 32.4 Å². The second-order valence-electron chi connectivity index (χ2n) is 5.34. The summed E-state index contributed by atoms with van der Waals surface area (Å²) < 4.78 is 0. The average molecular weight is 269 g/mol. The highest BCUT2D eigenvalue weighted by Crippen LogP contribution is 2.40. The molecule has 0 aromatic heterocycles. The Balaban J connectivity index is 2.07. The molecule has 0 aliphatic heterocycles. The normalized spacial score (nSPS) is 25.3. The second kappa shape index (κ2) is 4.44. The van der Waals surface area contributed by atoms with Crippen LogP contribution in [0.4, 0.5) is 5.69 Å². The highest BCUT2D eigenvalue weighted by Gasteiger charge is 2.47. The van der Waals surface area contributed by atoms with Crippen LogP contribution in [0.2, 0.25) is 5.02 Å². The number of hydrogen-bond acceptors (Lipinski definition) is 3.